The molecule has 1 saturated carbocycles. The molecule has 4 nitrogen and oxygen atoms in total. The molecule has 0 atom stereocenters. The predicted molar refractivity (Wildman–Crippen MR) is 332 cm³/mol. The van der Waals surface area contributed by atoms with Gasteiger partial charge in [-0.05, 0) is 204 Å². The van der Waals surface area contributed by atoms with Crippen LogP contribution < -0.4 is 13.7 Å². The van der Waals surface area contributed by atoms with Crippen LogP contribution in [0.2, 0.25) is 0 Å². The Kier molecular flexibility index (Phi) is 12.8. The van der Waals surface area contributed by atoms with E-state index in [-0.39, 0.29) is 10.8 Å². The zero-order valence-electron chi connectivity index (χ0n) is 48.1. The first-order chi connectivity index (χ1) is 38.6. The van der Waals surface area contributed by atoms with Crippen LogP contribution in [0.25, 0.3) is 106 Å². The average Bonchev–Trinajstić information content (AvgIpc) is 4.04. The molecule has 3 heterocycles. The maximum absolute atomic E-state index is 2.52. The Bertz CT molecular complexity index is 3980. The van der Waals surface area contributed by atoms with Crippen LogP contribution in [0.15, 0.2) is 219 Å². The van der Waals surface area contributed by atoms with Gasteiger partial charge in [-0.2, -0.15) is 4.57 Å². The van der Waals surface area contributed by atoms with Crippen molar-refractivity contribution in [2.75, 3.05) is 0 Å². The van der Waals surface area contributed by atoms with Crippen molar-refractivity contribution in [3.8, 4) is 95.0 Å². The average molecular weight is 1040 g/mol. The van der Waals surface area contributed by atoms with Gasteiger partial charge in [-0.25, -0.2) is 13.7 Å². The summed E-state index contributed by atoms with van der Waals surface area (Å²) in [4.78, 5) is 0. The summed E-state index contributed by atoms with van der Waals surface area (Å²) in [6, 6.07) is 75.9. The lowest BCUT2D eigenvalue weighted by atomic mass is 9.67. The second-order valence-corrected chi connectivity index (χ2v) is 25.1. The van der Waals surface area contributed by atoms with Gasteiger partial charge in [-0.3, -0.25) is 0 Å². The van der Waals surface area contributed by atoms with Crippen molar-refractivity contribution in [1.29, 1.82) is 0 Å². The van der Waals surface area contributed by atoms with Crippen molar-refractivity contribution in [3.05, 3.63) is 241 Å². The number of hydrogen-bond acceptors (Lipinski definition) is 0. The molecule has 0 aliphatic heterocycles. The smallest absolute Gasteiger partial charge is 0.232 e. The van der Waals surface area contributed by atoms with Crippen LogP contribution in [0.1, 0.15) is 101 Å². The molecule has 14 rings (SSSR count). The Hall–Kier alpha value is -8.47. The van der Waals surface area contributed by atoms with Crippen molar-refractivity contribution in [2.24, 2.45) is 21.1 Å². The fraction of sp³-hybridized carbons (Fsp3) is 0.224. The van der Waals surface area contributed by atoms with Gasteiger partial charge < -0.3 is 0 Å². The minimum atomic E-state index is 0.0553. The normalized spacial score (nSPS) is 15.1. The Morgan fingerprint density at radius 2 is 0.688 bits per heavy atom. The first-order valence-electron chi connectivity index (χ1n) is 28.9. The fourth-order valence-corrected chi connectivity index (χ4v) is 13.2. The van der Waals surface area contributed by atoms with E-state index in [4.69, 9.17) is 0 Å². The Morgan fingerprint density at radius 3 is 1.06 bits per heavy atom. The third-order valence-corrected chi connectivity index (χ3v) is 17.8. The highest BCUT2D eigenvalue weighted by Crippen LogP contribution is 2.50. The molecule has 394 valence electrons. The molecule has 4 heteroatoms. The zero-order valence-corrected chi connectivity index (χ0v) is 48.1. The molecule has 8 aromatic carbocycles. The third-order valence-electron chi connectivity index (χ3n) is 17.8. The number of aromatic nitrogens is 4. The molecule has 11 aromatic rings. The minimum absolute atomic E-state index is 0.0553. The maximum Gasteiger partial charge on any atom is 0.249 e. The molecule has 3 aliphatic rings. The van der Waals surface area contributed by atoms with Gasteiger partial charge in [0.2, 0.25) is 17.7 Å². The van der Waals surface area contributed by atoms with Crippen molar-refractivity contribution >= 4 is 11.0 Å². The number of nitrogens with zero attached hydrogens (tertiary/aromatic N) is 4. The minimum Gasteiger partial charge on any atom is -0.232 e. The number of aryl methyl sites for hydroxylation is 3. The second-order valence-electron chi connectivity index (χ2n) is 25.1. The van der Waals surface area contributed by atoms with E-state index in [9.17, 15) is 0 Å². The Morgan fingerprint density at radius 1 is 0.350 bits per heavy atom. The molecule has 3 aliphatic carbocycles. The van der Waals surface area contributed by atoms with E-state index in [1.54, 1.807) is 11.1 Å². The van der Waals surface area contributed by atoms with Gasteiger partial charge in [-0.1, -0.05) is 151 Å². The van der Waals surface area contributed by atoms with Gasteiger partial charge in [-0.15, -0.1) is 0 Å². The van der Waals surface area contributed by atoms with E-state index in [2.05, 4.69) is 300 Å². The molecule has 0 saturated heterocycles. The monoisotopic (exact) mass is 1040 g/mol. The summed E-state index contributed by atoms with van der Waals surface area (Å²) in [5.74, 6) is 1.42. The number of fused-ring (bicyclic) bond motifs is 3. The summed E-state index contributed by atoms with van der Waals surface area (Å²) in [5, 5.41) is 0. The molecule has 2 bridgehead atoms. The Labute approximate surface area is 474 Å². The number of pyridine rings is 2. The SMILES string of the molecule is C[n+]1ccc(C(C)(C)C)cc1-c1ccc(-c2ccccc2-c2cc(-c3ccccc3-c3ccc(-c4cc(C(C)(C)C)cc[n+]4C)cc3)cc(-c3ccccc3-c3ccc(-n4c[n+](C)c5cc6c(cc54)C4CCC6CC4)cc3)c2)cc1. The summed E-state index contributed by atoms with van der Waals surface area (Å²) in [6.07, 6.45) is 12.0. The standard InChI is InChI=1S/C76H73N4/c1-75(2,3)60-38-40-77(7)71(45-60)55-30-26-50(27-31-55)63-16-10-13-19-66(63)57-42-58(67-20-14-11-17-64(67)51-28-32-56(33-29-51)72-46-61(76(4,5)6)39-41-78(72)8)44-59(43-57)68-21-15-12-18-65(68)52-34-36-62(37-35-52)80-49-79(9)73-47-69-53-22-24-54(25-23-53)70(69)48-74(73)80/h10-21,26-49,53-54H,22-25H2,1-9H3/q+3. The fourth-order valence-electron chi connectivity index (χ4n) is 13.2. The van der Waals surface area contributed by atoms with Crippen molar-refractivity contribution in [2.45, 2.75) is 89.9 Å². The molecule has 0 spiro atoms. The number of rotatable bonds is 9. The van der Waals surface area contributed by atoms with Crippen molar-refractivity contribution < 1.29 is 13.7 Å². The van der Waals surface area contributed by atoms with Crippen LogP contribution in [0.5, 0.6) is 0 Å². The number of hydrogen-bond donors (Lipinski definition) is 0. The summed E-state index contributed by atoms with van der Waals surface area (Å²) >= 11 is 0. The van der Waals surface area contributed by atoms with Crippen LogP contribution in [-0.2, 0) is 32.0 Å². The molecular weight excluding hydrogens is 969 g/mol. The molecule has 0 radical (unpaired) electrons. The lowest BCUT2D eigenvalue weighted by Gasteiger charge is -2.37. The van der Waals surface area contributed by atoms with Crippen molar-refractivity contribution in [1.82, 2.24) is 4.57 Å². The maximum atomic E-state index is 2.52. The van der Waals surface area contributed by atoms with E-state index >= 15 is 0 Å². The first-order valence-corrected chi connectivity index (χ1v) is 28.9. The molecule has 1 fully saturated rings. The van der Waals surface area contributed by atoms with Crippen LogP contribution >= 0.6 is 0 Å². The van der Waals surface area contributed by atoms with Gasteiger partial charge in [0.25, 0.3) is 0 Å². The topological polar surface area (TPSA) is 16.6 Å². The van der Waals surface area contributed by atoms with Gasteiger partial charge in [0, 0.05) is 35.4 Å². The van der Waals surface area contributed by atoms with Gasteiger partial charge in [0.1, 0.15) is 19.8 Å². The highest BCUT2D eigenvalue weighted by Gasteiger charge is 2.35. The van der Waals surface area contributed by atoms with E-state index in [0.29, 0.717) is 5.92 Å². The third kappa shape index (κ3) is 9.39. The molecule has 0 unspecified atom stereocenters. The molecule has 3 aromatic heterocycles. The first kappa shape index (κ1) is 51.0. The predicted octanol–water partition coefficient (Wildman–Crippen LogP) is 17.8. The van der Waals surface area contributed by atoms with Crippen LogP contribution in [0.4, 0.5) is 0 Å². The Balaban J connectivity index is 0.919. The summed E-state index contributed by atoms with van der Waals surface area (Å²) in [6.45, 7) is 13.7. The quantitative estimate of drug-likeness (QED) is 0.128. The molecule has 80 heavy (non-hydrogen) atoms. The summed E-state index contributed by atoms with van der Waals surface area (Å²) in [7, 11) is 6.48. The van der Waals surface area contributed by atoms with E-state index in [1.807, 2.05) is 0 Å². The van der Waals surface area contributed by atoms with Crippen LogP contribution in [-0.4, -0.2) is 4.57 Å². The highest BCUT2D eigenvalue weighted by atomic mass is 15.1. The summed E-state index contributed by atoms with van der Waals surface area (Å²) in [5.41, 5.74) is 28.8. The van der Waals surface area contributed by atoms with E-state index in [1.165, 1.54) is 143 Å². The lowest BCUT2D eigenvalue weighted by Crippen LogP contribution is -2.31. The highest BCUT2D eigenvalue weighted by molar-refractivity contribution is 5.94. The van der Waals surface area contributed by atoms with Crippen LogP contribution in [0, 0.1) is 0 Å². The van der Waals surface area contributed by atoms with Gasteiger partial charge in [0.15, 0.2) is 23.4 Å². The second kappa shape index (κ2) is 20.0. The van der Waals surface area contributed by atoms with Gasteiger partial charge >= 0.3 is 0 Å². The van der Waals surface area contributed by atoms with Crippen LogP contribution in [0.3, 0.4) is 0 Å². The molecular formula is C76H73N4+3. The van der Waals surface area contributed by atoms with Crippen molar-refractivity contribution in [3.63, 3.8) is 0 Å². The zero-order chi connectivity index (χ0) is 55.0. The van der Waals surface area contributed by atoms with E-state index in [0.717, 1.165) is 5.92 Å². The lowest BCUT2D eigenvalue weighted by molar-refractivity contribution is -0.660. The summed E-state index contributed by atoms with van der Waals surface area (Å²) < 4.78 is 9.17. The number of imidazole rings is 1. The van der Waals surface area contributed by atoms with E-state index < -0.39 is 0 Å². The largest absolute Gasteiger partial charge is 0.249 e. The molecule has 0 amide bonds. The van der Waals surface area contributed by atoms with Gasteiger partial charge in [0.05, 0.1) is 7.05 Å². The molecule has 0 N–H and O–H groups in total. The number of benzene rings is 8.